The first-order valence-corrected chi connectivity index (χ1v) is 15.8. The number of hydrogen-bond donors (Lipinski definition) is 0. The summed E-state index contributed by atoms with van der Waals surface area (Å²) in [4.78, 5) is 19.4. The Morgan fingerprint density at radius 1 is 0.978 bits per heavy atom. The van der Waals surface area contributed by atoms with Crippen LogP contribution in [-0.2, 0) is 23.2 Å². The third-order valence-electron chi connectivity index (χ3n) is 6.90. The fourth-order valence-corrected chi connectivity index (χ4v) is 5.31. The molecule has 0 fully saturated rings. The van der Waals surface area contributed by atoms with Crippen LogP contribution < -0.4 is 8.92 Å². The normalized spacial score (nSPS) is 14.0. The number of hydrogen-bond acceptors (Lipinski definition) is 6. The van der Waals surface area contributed by atoms with Crippen LogP contribution in [0.5, 0.6) is 11.5 Å². The van der Waals surface area contributed by atoms with Crippen molar-refractivity contribution >= 4 is 26.9 Å². The van der Waals surface area contributed by atoms with Gasteiger partial charge in [0, 0.05) is 23.7 Å². The van der Waals surface area contributed by atoms with E-state index in [1.165, 1.54) is 47.5 Å². The molecule has 1 aliphatic heterocycles. The summed E-state index contributed by atoms with van der Waals surface area (Å²) >= 11 is 0. The van der Waals surface area contributed by atoms with Gasteiger partial charge in [-0.3, -0.25) is 9.78 Å². The molecule has 1 atom stereocenters. The van der Waals surface area contributed by atoms with E-state index < -0.39 is 39.2 Å². The number of fused-ring (bicyclic) bond motifs is 2. The molecule has 0 spiro atoms. The monoisotopic (exact) mass is 656 g/mol. The van der Waals surface area contributed by atoms with Crippen molar-refractivity contribution < 1.29 is 39.7 Å². The second kappa shape index (κ2) is 14.6. The van der Waals surface area contributed by atoms with Gasteiger partial charge in [0.2, 0.25) is 0 Å². The fraction of sp³-hybridized carbons (Fsp3) is 0.235. The lowest BCUT2D eigenvalue weighted by Crippen LogP contribution is -2.28. The van der Waals surface area contributed by atoms with Gasteiger partial charge in [0.1, 0.15) is 17.4 Å². The predicted octanol–water partition coefficient (Wildman–Crippen LogP) is 8.43. The summed E-state index contributed by atoms with van der Waals surface area (Å²) in [6.07, 6.45) is 9.43. The Morgan fingerprint density at radius 3 is 2.26 bits per heavy atom. The molecule has 12 heteroatoms. The zero-order valence-corrected chi connectivity index (χ0v) is 26.1. The van der Waals surface area contributed by atoms with E-state index >= 15 is 0 Å². The Hall–Kier alpha value is -4.71. The van der Waals surface area contributed by atoms with Crippen LogP contribution in [0.3, 0.4) is 0 Å². The molecular formula is C34H32F4N2O5S. The molecule has 1 amide bonds. The minimum absolute atomic E-state index is 0.0362. The van der Waals surface area contributed by atoms with Crippen LogP contribution >= 0.6 is 0 Å². The van der Waals surface area contributed by atoms with E-state index in [4.69, 9.17) is 4.74 Å². The summed E-state index contributed by atoms with van der Waals surface area (Å²) in [5.74, 6) is -1.83. The second-order valence-electron chi connectivity index (χ2n) is 10.1. The summed E-state index contributed by atoms with van der Waals surface area (Å²) in [5, 5.41) is -0.0854. The van der Waals surface area contributed by atoms with Crippen LogP contribution in [0.4, 0.5) is 17.6 Å². The van der Waals surface area contributed by atoms with E-state index in [0.717, 1.165) is 12.0 Å². The van der Waals surface area contributed by atoms with Crippen molar-refractivity contribution in [2.75, 3.05) is 0 Å². The SMILES string of the molecule is C/C=C/C(Oc1c2c(c(OS(=O)(=O)C(F)(F)F)c3cccnc13)CN(Cc1ccc(F)cc1)C2=O)c1ccccc1.C/C=C\CC. The maximum absolute atomic E-state index is 13.8. The molecule has 3 aromatic carbocycles. The van der Waals surface area contributed by atoms with Crippen molar-refractivity contribution in [1.29, 1.82) is 0 Å². The van der Waals surface area contributed by atoms with E-state index in [1.54, 1.807) is 43.3 Å². The zero-order chi connectivity index (χ0) is 33.5. The maximum Gasteiger partial charge on any atom is 0.534 e. The van der Waals surface area contributed by atoms with Crippen LogP contribution in [0.2, 0.25) is 0 Å². The van der Waals surface area contributed by atoms with Crippen LogP contribution in [0.15, 0.2) is 97.2 Å². The molecule has 2 heterocycles. The third kappa shape index (κ3) is 7.56. The maximum atomic E-state index is 13.8. The predicted molar refractivity (Wildman–Crippen MR) is 167 cm³/mol. The highest BCUT2D eigenvalue weighted by Gasteiger charge is 2.50. The van der Waals surface area contributed by atoms with E-state index in [9.17, 15) is 30.8 Å². The molecule has 7 nitrogen and oxygen atoms in total. The number of ether oxygens (including phenoxy) is 1. The van der Waals surface area contributed by atoms with Gasteiger partial charge in [-0.05, 0) is 61.7 Å². The van der Waals surface area contributed by atoms with Crippen molar-refractivity contribution in [3.05, 3.63) is 125 Å². The number of pyridine rings is 1. The highest BCUT2D eigenvalue weighted by Crippen LogP contribution is 2.47. The molecule has 0 N–H and O–H groups in total. The molecule has 242 valence electrons. The number of aromatic nitrogens is 1. The van der Waals surface area contributed by atoms with Crippen LogP contribution in [0, 0.1) is 5.82 Å². The molecule has 0 saturated carbocycles. The molecular weight excluding hydrogens is 624 g/mol. The van der Waals surface area contributed by atoms with Gasteiger partial charge in [-0.2, -0.15) is 21.6 Å². The number of allylic oxidation sites excluding steroid dienone is 3. The van der Waals surface area contributed by atoms with E-state index in [-0.39, 0.29) is 40.9 Å². The lowest BCUT2D eigenvalue weighted by Gasteiger charge is -2.21. The zero-order valence-electron chi connectivity index (χ0n) is 25.3. The minimum atomic E-state index is -6.10. The third-order valence-corrected chi connectivity index (χ3v) is 7.85. The van der Waals surface area contributed by atoms with E-state index in [0.29, 0.717) is 5.56 Å². The molecule has 5 rings (SSSR count). The molecule has 0 radical (unpaired) electrons. The average Bonchev–Trinajstić information content (AvgIpc) is 3.35. The number of rotatable bonds is 9. The Balaban J connectivity index is 0.000000892. The molecule has 1 unspecified atom stereocenters. The minimum Gasteiger partial charge on any atom is -0.478 e. The first kappa shape index (κ1) is 34.2. The van der Waals surface area contributed by atoms with Gasteiger partial charge in [0.15, 0.2) is 11.5 Å². The first-order valence-electron chi connectivity index (χ1n) is 14.3. The van der Waals surface area contributed by atoms with Gasteiger partial charge >= 0.3 is 15.6 Å². The smallest absolute Gasteiger partial charge is 0.478 e. The van der Waals surface area contributed by atoms with Crippen LogP contribution in [0.1, 0.15) is 60.3 Å². The number of nitrogens with zero attached hydrogens (tertiary/aromatic N) is 2. The van der Waals surface area contributed by atoms with Gasteiger partial charge in [0.05, 0.1) is 12.1 Å². The van der Waals surface area contributed by atoms with Gasteiger partial charge in [0.25, 0.3) is 5.91 Å². The molecule has 4 aromatic rings. The number of halogens is 4. The summed E-state index contributed by atoms with van der Waals surface area (Å²) in [7, 11) is -6.10. The van der Waals surface area contributed by atoms with E-state index in [2.05, 4.69) is 28.2 Å². The topological polar surface area (TPSA) is 85.8 Å². The van der Waals surface area contributed by atoms with Crippen molar-refractivity contribution in [2.24, 2.45) is 0 Å². The highest BCUT2D eigenvalue weighted by molar-refractivity contribution is 7.88. The molecule has 1 aromatic heterocycles. The lowest BCUT2D eigenvalue weighted by molar-refractivity contribution is -0.0499. The summed E-state index contributed by atoms with van der Waals surface area (Å²) in [6.45, 7) is 5.59. The van der Waals surface area contributed by atoms with Crippen molar-refractivity contribution in [3.8, 4) is 11.5 Å². The van der Waals surface area contributed by atoms with Gasteiger partial charge in [-0.15, -0.1) is 0 Å². The summed E-state index contributed by atoms with van der Waals surface area (Å²) in [5.41, 5.74) is -4.79. The van der Waals surface area contributed by atoms with Crippen LogP contribution in [-0.4, -0.2) is 29.7 Å². The molecule has 1 aliphatic rings. The standard InChI is InChI=1S/C29H22F4N2O5S.C5H10/c1-2-7-23(19-8-4-3-5-9-19)39-27-24-22(17-35(28(24)36)16-18-11-13-20(30)14-12-18)26(21-10-6-15-34-25(21)27)40-41(37,38)29(31,32)33;1-3-5-4-2/h2-15,23H,16-17H2,1H3;3,5H,4H2,1-2H3/b7-2+;5-3-. The van der Waals surface area contributed by atoms with Gasteiger partial charge in [-0.1, -0.05) is 67.6 Å². The molecule has 0 bridgehead atoms. The molecule has 0 aliphatic carbocycles. The number of carbonyl (C=O) groups excluding carboxylic acids is 1. The lowest BCUT2D eigenvalue weighted by atomic mass is 10.0. The average molecular weight is 657 g/mol. The molecule has 0 saturated heterocycles. The fourth-order valence-electron chi connectivity index (χ4n) is 4.80. The van der Waals surface area contributed by atoms with Gasteiger partial charge < -0.3 is 13.8 Å². The Labute approximate surface area is 264 Å². The van der Waals surface area contributed by atoms with Crippen LogP contribution in [0.25, 0.3) is 10.9 Å². The van der Waals surface area contributed by atoms with Crippen molar-refractivity contribution in [3.63, 3.8) is 0 Å². The number of amides is 1. The Kier molecular flexibility index (Phi) is 10.8. The van der Waals surface area contributed by atoms with Crippen molar-refractivity contribution in [2.45, 2.75) is 51.9 Å². The molecule has 46 heavy (non-hydrogen) atoms. The van der Waals surface area contributed by atoms with Crippen molar-refractivity contribution in [1.82, 2.24) is 9.88 Å². The van der Waals surface area contributed by atoms with E-state index in [1.807, 2.05) is 13.0 Å². The summed E-state index contributed by atoms with van der Waals surface area (Å²) in [6, 6.07) is 17.1. The summed E-state index contributed by atoms with van der Waals surface area (Å²) < 4.78 is 89.0. The largest absolute Gasteiger partial charge is 0.534 e. The number of carbonyl (C=O) groups is 1. The van der Waals surface area contributed by atoms with Gasteiger partial charge in [-0.25, -0.2) is 4.39 Å². The Morgan fingerprint density at radius 2 is 1.67 bits per heavy atom. The highest BCUT2D eigenvalue weighted by atomic mass is 32.2. The second-order valence-corrected chi connectivity index (χ2v) is 11.7. The quantitative estimate of drug-likeness (QED) is 0.0778. The Bertz CT molecular complexity index is 1840. The first-order chi connectivity index (χ1) is 21.9. The number of benzene rings is 3. The number of alkyl halides is 3.